The second-order valence-electron chi connectivity index (χ2n) is 7.72. The van der Waals surface area contributed by atoms with E-state index in [1.807, 2.05) is 17.7 Å². The third kappa shape index (κ3) is 4.11. The third-order valence-electron chi connectivity index (χ3n) is 5.07. The van der Waals surface area contributed by atoms with Crippen molar-refractivity contribution in [1.82, 2.24) is 19.5 Å². The molecule has 6 nitrogen and oxygen atoms in total. The van der Waals surface area contributed by atoms with E-state index in [1.54, 1.807) is 25.3 Å². The molecule has 4 rings (SSSR count). The second-order valence-corrected chi connectivity index (χ2v) is 7.72. The number of fused-ring (bicyclic) bond motifs is 1. The van der Waals surface area contributed by atoms with E-state index in [-0.39, 0.29) is 5.91 Å². The lowest BCUT2D eigenvalue weighted by Gasteiger charge is -2.11. The van der Waals surface area contributed by atoms with Gasteiger partial charge in [0.15, 0.2) is 5.82 Å². The molecule has 8 heteroatoms. The largest absolute Gasteiger partial charge is 0.346 e. The second kappa shape index (κ2) is 7.17. The number of hydrogen-bond donors (Lipinski definition) is 1. The third-order valence-corrected chi connectivity index (χ3v) is 5.07. The fourth-order valence-corrected chi connectivity index (χ4v) is 3.40. The number of nitrogens with zero attached hydrogens (tertiary/aromatic N) is 4. The van der Waals surface area contributed by atoms with Gasteiger partial charge in [0.25, 0.3) is 0 Å². The minimum Gasteiger partial charge on any atom is -0.346 e. The van der Waals surface area contributed by atoms with Gasteiger partial charge in [-0.3, -0.25) is 4.79 Å². The van der Waals surface area contributed by atoms with Crippen LogP contribution in [0.1, 0.15) is 44.6 Å². The van der Waals surface area contributed by atoms with Crippen molar-refractivity contribution in [2.45, 2.75) is 52.5 Å². The normalized spacial score (nSPS) is 14.4. The van der Waals surface area contributed by atoms with Crippen LogP contribution in [-0.2, 0) is 17.3 Å². The van der Waals surface area contributed by atoms with E-state index in [1.165, 1.54) is 0 Å². The van der Waals surface area contributed by atoms with Crippen LogP contribution in [0.2, 0.25) is 0 Å². The Bertz CT molecular complexity index is 1080. The molecule has 3 aromatic rings. The summed E-state index contributed by atoms with van der Waals surface area (Å²) in [5.74, 6) is -2.76. The number of alkyl halides is 2. The zero-order valence-corrected chi connectivity index (χ0v) is 16.7. The molecule has 1 amide bonds. The van der Waals surface area contributed by atoms with Crippen LogP contribution in [0.15, 0.2) is 24.5 Å². The van der Waals surface area contributed by atoms with Crippen LogP contribution in [0.5, 0.6) is 0 Å². The molecular formula is C21H23F2N5O. The highest BCUT2D eigenvalue weighted by atomic mass is 19.3. The van der Waals surface area contributed by atoms with Gasteiger partial charge >= 0.3 is 5.92 Å². The van der Waals surface area contributed by atoms with Crippen LogP contribution < -0.4 is 5.32 Å². The Morgan fingerprint density at radius 3 is 2.72 bits per heavy atom. The standard InChI is InChI=1S/C21H23F2N5O/c1-4-28-11-15(16-7-12(2)25-20(26-16)21(3,22)23)14-9-18(24-10-17(14)28)27-19(29)8-13-5-6-13/h7,9-11,13H,4-6,8H2,1-3H3,(H,24,27,29). The minimum atomic E-state index is -3.13. The lowest BCUT2D eigenvalue weighted by molar-refractivity contribution is -0.116. The van der Waals surface area contributed by atoms with Crippen molar-refractivity contribution in [1.29, 1.82) is 0 Å². The number of nitrogens with one attached hydrogen (secondary N) is 1. The summed E-state index contributed by atoms with van der Waals surface area (Å²) in [7, 11) is 0. The van der Waals surface area contributed by atoms with E-state index in [9.17, 15) is 13.6 Å². The maximum Gasteiger partial charge on any atom is 0.303 e. The summed E-state index contributed by atoms with van der Waals surface area (Å²) in [5, 5.41) is 3.64. The Morgan fingerprint density at radius 2 is 2.07 bits per heavy atom. The molecule has 152 valence electrons. The zero-order valence-electron chi connectivity index (χ0n) is 16.7. The monoisotopic (exact) mass is 399 g/mol. The van der Waals surface area contributed by atoms with Gasteiger partial charge in [0.2, 0.25) is 5.91 Å². The van der Waals surface area contributed by atoms with Crippen molar-refractivity contribution >= 4 is 22.6 Å². The summed E-state index contributed by atoms with van der Waals surface area (Å²) in [5.41, 5.74) is 2.45. The summed E-state index contributed by atoms with van der Waals surface area (Å²) in [6.07, 6.45) is 6.27. The Hall–Kier alpha value is -2.90. The van der Waals surface area contributed by atoms with Gasteiger partial charge < -0.3 is 9.88 Å². The summed E-state index contributed by atoms with van der Waals surface area (Å²) >= 11 is 0. The number of halogens is 2. The molecule has 3 aromatic heterocycles. The molecule has 0 aliphatic heterocycles. The maximum atomic E-state index is 13.8. The Labute approximate surface area is 167 Å². The molecule has 3 heterocycles. The lowest BCUT2D eigenvalue weighted by atomic mass is 10.1. The van der Waals surface area contributed by atoms with E-state index < -0.39 is 11.7 Å². The molecular weight excluding hydrogens is 376 g/mol. The van der Waals surface area contributed by atoms with E-state index in [0.717, 1.165) is 30.7 Å². The smallest absolute Gasteiger partial charge is 0.303 e. The zero-order chi connectivity index (χ0) is 20.8. The summed E-state index contributed by atoms with van der Waals surface area (Å²) in [4.78, 5) is 24.5. The average molecular weight is 399 g/mol. The van der Waals surface area contributed by atoms with Gasteiger partial charge in [0.1, 0.15) is 5.82 Å². The Kier molecular flexibility index (Phi) is 4.80. The SMILES string of the molecule is CCn1cc(-c2cc(C)nc(C(C)(F)F)n2)c2cc(NC(=O)CC3CC3)ncc21. The predicted octanol–water partition coefficient (Wildman–Crippen LogP) is 4.67. The average Bonchev–Trinajstić information content (AvgIpc) is 3.38. The summed E-state index contributed by atoms with van der Waals surface area (Å²) < 4.78 is 29.7. The van der Waals surface area contributed by atoms with Crippen molar-refractivity contribution in [3.05, 3.63) is 36.0 Å². The molecule has 1 saturated carbocycles. The van der Waals surface area contributed by atoms with Crippen LogP contribution >= 0.6 is 0 Å². The highest BCUT2D eigenvalue weighted by Gasteiger charge is 2.29. The topological polar surface area (TPSA) is 72.7 Å². The molecule has 1 fully saturated rings. The molecule has 0 saturated heterocycles. The van der Waals surface area contributed by atoms with Gasteiger partial charge in [0, 0.05) is 42.7 Å². The highest BCUT2D eigenvalue weighted by Crippen LogP contribution is 2.34. The van der Waals surface area contributed by atoms with Crippen molar-refractivity contribution in [2.75, 3.05) is 5.32 Å². The highest BCUT2D eigenvalue weighted by molar-refractivity contribution is 5.98. The van der Waals surface area contributed by atoms with Crippen LogP contribution in [0.25, 0.3) is 22.2 Å². The molecule has 0 aromatic carbocycles. The molecule has 0 spiro atoms. The molecule has 29 heavy (non-hydrogen) atoms. The number of carbonyl (C=O) groups is 1. The van der Waals surface area contributed by atoms with E-state index in [0.29, 0.717) is 41.7 Å². The predicted molar refractivity (Wildman–Crippen MR) is 107 cm³/mol. The Morgan fingerprint density at radius 1 is 1.31 bits per heavy atom. The van der Waals surface area contributed by atoms with Crippen molar-refractivity contribution < 1.29 is 13.6 Å². The van der Waals surface area contributed by atoms with Crippen LogP contribution in [0.3, 0.4) is 0 Å². The first kappa shape index (κ1) is 19.4. The van der Waals surface area contributed by atoms with Crippen LogP contribution in [0.4, 0.5) is 14.6 Å². The fourth-order valence-electron chi connectivity index (χ4n) is 3.40. The first-order chi connectivity index (χ1) is 13.7. The number of hydrogen-bond acceptors (Lipinski definition) is 4. The Balaban J connectivity index is 1.78. The first-order valence-corrected chi connectivity index (χ1v) is 9.77. The quantitative estimate of drug-likeness (QED) is 0.654. The van der Waals surface area contributed by atoms with Gasteiger partial charge in [-0.15, -0.1) is 0 Å². The number of amides is 1. The van der Waals surface area contributed by atoms with Gasteiger partial charge in [-0.25, -0.2) is 15.0 Å². The van der Waals surface area contributed by atoms with Gasteiger partial charge in [0.05, 0.1) is 17.4 Å². The molecule has 1 aliphatic carbocycles. The number of rotatable bonds is 6. The van der Waals surface area contributed by atoms with E-state index in [2.05, 4.69) is 20.3 Å². The number of pyridine rings is 1. The molecule has 1 aliphatic rings. The van der Waals surface area contributed by atoms with E-state index >= 15 is 0 Å². The van der Waals surface area contributed by atoms with Crippen molar-refractivity contribution in [2.24, 2.45) is 5.92 Å². The van der Waals surface area contributed by atoms with Gasteiger partial charge in [-0.1, -0.05) is 0 Å². The van der Waals surface area contributed by atoms with Crippen LogP contribution in [-0.4, -0.2) is 25.4 Å². The number of aryl methyl sites for hydroxylation is 2. The first-order valence-electron chi connectivity index (χ1n) is 9.77. The molecule has 0 unspecified atom stereocenters. The lowest BCUT2D eigenvalue weighted by Crippen LogP contribution is -2.14. The van der Waals surface area contributed by atoms with Gasteiger partial charge in [-0.2, -0.15) is 8.78 Å². The van der Waals surface area contributed by atoms with Crippen molar-refractivity contribution in [3.8, 4) is 11.3 Å². The molecule has 1 N–H and O–H groups in total. The van der Waals surface area contributed by atoms with Gasteiger partial charge in [-0.05, 0) is 44.7 Å². The maximum absolute atomic E-state index is 13.8. The summed E-state index contributed by atoms with van der Waals surface area (Å²) in [6.45, 7) is 5.14. The molecule has 0 radical (unpaired) electrons. The van der Waals surface area contributed by atoms with Crippen molar-refractivity contribution in [3.63, 3.8) is 0 Å². The molecule has 0 bridgehead atoms. The molecule has 0 atom stereocenters. The van der Waals surface area contributed by atoms with E-state index in [4.69, 9.17) is 0 Å². The number of carbonyl (C=O) groups excluding carboxylic acids is 1. The van der Waals surface area contributed by atoms with Crippen LogP contribution in [0, 0.1) is 12.8 Å². The fraction of sp³-hybridized carbons (Fsp3) is 0.429. The minimum absolute atomic E-state index is 0.0541. The summed E-state index contributed by atoms with van der Waals surface area (Å²) in [6, 6.07) is 3.47. The number of anilines is 1. The number of aromatic nitrogens is 4.